The van der Waals surface area contributed by atoms with Crippen molar-refractivity contribution in [2.45, 2.75) is 55.6 Å². The van der Waals surface area contributed by atoms with Crippen LogP contribution in [0.1, 0.15) is 43.7 Å². The van der Waals surface area contributed by atoms with Crippen molar-refractivity contribution in [3.8, 4) is 0 Å². The summed E-state index contributed by atoms with van der Waals surface area (Å²) in [5.74, 6) is 0. The molecule has 0 unspecified atom stereocenters. The summed E-state index contributed by atoms with van der Waals surface area (Å²) < 4.78 is 3.32. The topological polar surface area (TPSA) is 62.4 Å². The van der Waals surface area contributed by atoms with Gasteiger partial charge >= 0.3 is 6.09 Å². The Bertz CT molecular complexity index is 846. The minimum Gasteiger partial charge on any atom is -0.445 e. The van der Waals surface area contributed by atoms with E-state index in [4.69, 9.17) is 51.8 Å². The number of rotatable bonds is 10. The highest BCUT2D eigenvalue weighted by Crippen LogP contribution is 2.29. The van der Waals surface area contributed by atoms with E-state index in [2.05, 4.69) is 35.0 Å². The molecule has 0 aromatic heterocycles. The van der Waals surface area contributed by atoms with Crippen LogP contribution in [0.15, 0.2) is 54.6 Å². The minimum absolute atomic E-state index is 0.0900. The van der Waals surface area contributed by atoms with Crippen LogP contribution in [0.25, 0.3) is 0 Å². The van der Waals surface area contributed by atoms with E-state index in [-0.39, 0.29) is 11.7 Å². The highest BCUT2D eigenvalue weighted by Gasteiger charge is 2.35. The lowest BCUT2D eigenvalue weighted by Crippen LogP contribution is -2.56. The molecule has 9 heteroatoms. The molecule has 0 spiro atoms. The van der Waals surface area contributed by atoms with E-state index < -0.39 is 16.1 Å². The van der Waals surface area contributed by atoms with E-state index in [0.29, 0.717) is 0 Å². The number of hydrogen-bond acceptors (Lipinski definition) is 3. The predicted octanol–water partition coefficient (Wildman–Crippen LogP) is 6.72. The average Bonchev–Trinajstić information content (AvgIpc) is 2.76. The number of carbonyl (C=O) groups excluding carboxylic acids is 1. The standard InChI is InChI=1S/C23H28Cl3N3O2S/c1-2-3-4-6-9-17-12-14-19(15-13-17)27-21(32)28-20(23(24,25)26)29-22(30)31-16-18-10-7-5-8-11-18/h5,7-8,10-15,20H,2-4,6,9,16H2,1H3,(H,29,30)(H2,27,28,32)/t20-/m0/s1. The van der Waals surface area contributed by atoms with Gasteiger partial charge in [-0.15, -0.1) is 0 Å². The Balaban J connectivity index is 1.84. The Morgan fingerprint density at radius 2 is 1.66 bits per heavy atom. The molecule has 32 heavy (non-hydrogen) atoms. The first kappa shape index (κ1) is 26.5. The van der Waals surface area contributed by atoms with E-state index in [9.17, 15) is 4.79 Å². The van der Waals surface area contributed by atoms with Crippen molar-refractivity contribution in [1.82, 2.24) is 10.6 Å². The van der Waals surface area contributed by atoms with Crippen molar-refractivity contribution in [3.63, 3.8) is 0 Å². The molecule has 1 amide bonds. The van der Waals surface area contributed by atoms with E-state index in [1.165, 1.54) is 31.2 Å². The fraction of sp³-hybridized carbons (Fsp3) is 0.391. The van der Waals surface area contributed by atoms with Gasteiger partial charge in [0.15, 0.2) is 11.3 Å². The van der Waals surface area contributed by atoms with Gasteiger partial charge in [-0.25, -0.2) is 4.79 Å². The first-order valence-electron chi connectivity index (χ1n) is 10.5. The molecule has 0 aliphatic rings. The third-order valence-electron chi connectivity index (χ3n) is 4.61. The summed E-state index contributed by atoms with van der Waals surface area (Å²) in [4.78, 5) is 12.2. The maximum Gasteiger partial charge on any atom is 0.409 e. The van der Waals surface area contributed by atoms with E-state index in [1.54, 1.807) is 0 Å². The molecule has 3 N–H and O–H groups in total. The van der Waals surface area contributed by atoms with Gasteiger partial charge in [-0.3, -0.25) is 5.32 Å². The highest BCUT2D eigenvalue weighted by molar-refractivity contribution is 7.80. The number of anilines is 1. The Labute approximate surface area is 210 Å². The predicted molar refractivity (Wildman–Crippen MR) is 137 cm³/mol. The molecule has 1 atom stereocenters. The number of unbranched alkanes of at least 4 members (excludes halogenated alkanes) is 3. The molecular weight excluding hydrogens is 489 g/mol. The largest absolute Gasteiger partial charge is 0.445 e. The van der Waals surface area contributed by atoms with Crippen molar-refractivity contribution in [1.29, 1.82) is 0 Å². The van der Waals surface area contributed by atoms with Crippen LogP contribution < -0.4 is 16.0 Å². The monoisotopic (exact) mass is 515 g/mol. The van der Waals surface area contributed by atoms with Crippen LogP contribution in [0.3, 0.4) is 0 Å². The lowest BCUT2D eigenvalue weighted by molar-refractivity contribution is 0.135. The van der Waals surface area contributed by atoms with Gasteiger partial charge in [0.05, 0.1) is 0 Å². The second-order valence-electron chi connectivity index (χ2n) is 7.29. The van der Waals surface area contributed by atoms with E-state index >= 15 is 0 Å². The first-order chi connectivity index (χ1) is 15.3. The molecule has 0 bridgehead atoms. The third kappa shape index (κ3) is 10.3. The summed E-state index contributed by atoms with van der Waals surface area (Å²) in [6.45, 7) is 2.29. The zero-order valence-electron chi connectivity index (χ0n) is 17.9. The van der Waals surface area contributed by atoms with Crippen LogP contribution in [0.2, 0.25) is 0 Å². The molecular formula is C23H28Cl3N3O2S. The SMILES string of the molecule is CCCCCCc1ccc(NC(=S)N[C@@H](NC(=O)OCc2ccccc2)C(Cl)(Cl)Cl)cc1. The fourth-order valence-electron chi connectivity index (χ4n) is 2.89. The number of ether oxygens (including phenoxy) is 1. The maximum atomic E-state index is 12.2. The number of carbonyl (C=O) groups is 1. The lowest BCUT2D eigenvalue weighted by Gasteiger charge is -2.27. The zero-order chi connectivity index (χ0) is 23.4. The highest BCUT2D eigenvalue weighted by atomic mass is 35.6. The normalized spacial score (nSPS) is 12.0. The molecule has 0 aliphatic carbocycles. The van der Waals surface area contributed by atoms with Gasteiger partial charge in [0, 0.05) is 5.69 Å². The Kier molecular flexibility index (Phi) is 11.4. The van der Waals surface area contributed by atoms with Crippen molar-refractivity contribution < 1.29 is 9.53 Å². The molecule has 0 fully saturated rings. The quantitative estimate of drug-likeness (QED) is 0.142. The van der Waals surface area contributed by atoms with Crippen molar-refractivity contribution in [2.24, 2.45) is 0 Å². The summed E-state index contributed by atoms with van der Waals surface area (Å²) in [5, 5.41) is 8.53. The van der Waals surface area contributed by atoms with Gasteiger partial charge in [0.2, 0.25) is 3.79 Å². The molecule has 2 aromatic rings. The van der Waals surface area contributed by atoms with Crippen LogP contribution >= 0.6 is 47.0 Å². The van der Waals surface area contributed by atoms with Crippen molar-refractivity contribution in [2.75, 3.05) is 5.32 Å². The van der Waals surface area contributed by atoms with Gasteiger partial charge in [0.25, 0.3) is 0 Å². The van der Waals surface area contributed by atoms with Crippen LogP contribution in [0, 0.1) is 0 Å². The average molecular weight is 517 g/mol. The van der Waals surface area contributed by atoms with Gasteiger partial charge in [-0.05, 0) is 48.3 Å². The van der Waals surface area contributed by atoms with Crippen molar-refractivity contribution in [3.05, 3.63) is 65.7 Å². The number of alkyl halides is 3. The summed E-state index contributed by atoms with van der Waals surface area (Å²) >= 11 is 23.3. The Hall–Kier alpha value is -1.73. The van der Waals surface area contributed by atoms with Gasteiger partial charge in [0.1, 0.15) is 6.61 Å². The second kappa shape index (κ2) is 13.7. The van der Waals surface area contributed by atoms with E-state index in [1.807, 2.05) is 42.5 Å². The number of thiocarbonyl (C=S) groups is 1. The number of hydrogen-bond donors (Lipinski definition) is 3. The first-order valence-corrected chi connectivity index (χ1v) is 12.0. The van der Waals surface area contributed by atoms with Crippen LogP contribution in [-0.4, -0.2) is 21.2 Å². The lowest BCUT2D eigenvalue weighted by atomic mass is 10.1. The maximum absolute atomic E-state index is 12.2. The van der Waals surface area contributed by atoms with Crippen LogP contribution in [0.4, 0.5) is 10.5 Å². The number of halogens is 3. The van der Waals surface area contributed by atoms with Crippen LogP contribution in [-0.2, 0) is 17.8 Å². The molecule has 2 rings (SSSR count). The number of benzene rings is 2. The Morgan fingerprint density at radius 1 is 0.969 bits per heavy atom. The molecule has 0 saturated heterocycles. The summed E-state index contributed by atoms with van der Waals surface area (Å²) in [5.41, 5.74) is 2.90. The molecule has 5 nitrogen and oxygen atoms in total. The van der Waals surface area contributed by atoms with Crippen LogP contribution in [0.5, 0.6) is 0 Å². The fourth-order valence-corrected chi connectivity index (χ4v) is 3.45. The number of amides is 1. The number of aryl methyl sites for hydroxylation is 1. The summed E-state index contributed by atoms with van der Waals surface area (Å²) in [6.07, 6.45) is 4.11. The summed E-state index contributed by atoms with van der Waals surface area (Å²) in [7, 11) is 0. The zero-order valence-corrected chi connectivity index (χ0v) is 21.0. The second-order valence-corrected chi connectivity index (χ2v) is 10.1. The molecule has 0 radical (unpaired) electrons. The molecule has 0 aliphatic heterocycles. The van der Waals surface area contributed by atoms with Gasteiger partial charge in [-0.2, -0.15) is 0 Å². The van der Waals surface area contributed by atoms with Gasteiger partial charge in [-0.1, -0.05) is 103 Å². The molecule has 174 valence electrons. The molecule has 0 heterocycles. The number of nitrogens with one attached hydrogen (secondary N) is 3. The minimum atomic E-state index is -1.86. The smallest absolute Gasteiger partial charge is 0.409 e. The van der Waals surface area contributed by atoms with E-state index in [0.717, 1.165) is 17.7 Å². The summed E-state index contributed by atoms with van der Waals surface area (Å²) in [6, 6.07) is 17.3. The number of alkyl carbamates (subject to hydrolysis) is 1. The van der Waals surface area contributed by atoms with Gasteiger partial charge < -0.3 is 15.4 Å². The molecule has 0 saturated carbocycles. The third-order valence-corrected chi connectivity index (χ3v) is 5.48. The Morgan fingerprint density at radius 3 is 2.28 bits per heavy atom. The molecule has 2 aromatic carbocycles. The van der Waals surface area contributed by atoms with Crippen molar-refractivity contribution >= 4 is 63.9 Å².